The first-order valence-electron chi connectivity index (χ1n) is 8.91. The molecule has 0 unspecified atom stereocenters. The fraction of sp³-hybridized carbons (Fsp3) is 0.471. The van der Waals surface area contributed by atoms with Gasteiger partial charge in [-0.05, 0) is 26.7 Å². The number of esters is 1. The third-order valence-electron chi connectivity index (χ3n) is 4.88. The maximum absolute atomic E-state index is 11.9. The van der Waals surface area contributed by atoms with E-state index in [1.807, 2.05) is 11.5 Å². The van der Waals surface area contributed by atoms with E-state index in [-0.39, 0.29) is 11.7 Å². The van der Waals surface area contributed by atoms with Gasteiger partial charge in [-0.25, -0.2) is 14.8 Å². The Labute approximate surface area is 155 Å². The Hall–Kier alpha value is -3.17. The number of nitrogens with zero attached hydrogens (tertiary/aromatic N) is 6. The highest BCUT2D eigenvalue weighted by atomic mass is 16.5. The molecule has 0 spiro atoms. The molecule has 4 heterocycles. The number of hydrogen-bond donors (Lipinski definition) is 1. The summed E-state index contributed by atoms with van der Waals surface area (Å²) in [6.45, 7) is 5.50. The summed E-state index contributed by atoms with van der Waals surface area (Å²) in [5.41, 5.74) is 7.59. The lowest BCUT2D eigenvalue weighted by Gasteiger charge is -2.33. The van der Waals surface area contributed by atoms with Crippen LogP contribution in [-0.4, -0.2) is 50.3 Å². The van der Waals surface area contributed by atoms with E-state index in [2.05, 4.69) is 25.0 Å². The first kappa shape index (κ1) is 17.3. The molecule has 0 bridgehead atoms. The van der Waals surface area contributed by atoms with Crippen LogP contribution in [0.1, 0.15) is 42.0 Å². The highest BCUT2D eigenvalue weighted by Crippen LogP contribution is 2.32. The summed E-state index contributed by atoms with van der Waals surface area (Å²) >= 11 is 0. The number of fused-ring (bicyclic) bond motifs is 1. The van der Waals surface area contributed by atoms with E-state index in [0.29, 0.717) is 18.1 Å². The van der Waals surface area contributed by atoms with Crippen LogP contribution < -0.4 is 10.6 Å². The van der Waals surface area contributed by atoms with Gasteiger partial charge in [0.1, 0.15) is 23.3 Å². The zero-order valence-electron chi connectivity index (χ0n) is 15.3. The standard InChI is InChI=1S/C17H21N7O3/c1-3-26-17(25)13-14(18)24(9-21-13)11-4-6-23(7-5-11)15-12-10(2)22-27-16(12)20-8-19-15/h8-9,11H,3-7,18H2,1-2H3. The van der Waals surface area contributed by atoms with E-state index in [9.17, 15) is 4.79 Å². The van der Waals surface area contributed by atoms with Crippen LogP contribution in [0.3, 0.4) is 0 Å². The molecule has 0 saturated carbocycles. The second-order valence-corrected chi connectivity index (χ2v) is 6.47. The fourth-order valence-corrected chi connectivity index (χ4v) is 3.52. The van der Waals surface area contributed by atoms with Gasteiger partial charge in [-0.15, -0.1) is 0 Å². The van der Waals surface area contributed by atoms with E-state index in [4.69, 9.17) is 15.0 Å². The van der Waals surface area contributed by atoms with Crippen molar-refractivity contribution in [1.29, 1.82) is 0 Å². The lowest BCUT2D eigenvalue weighted by atomic mass is 10.0. The lowest BCUT2D eigenvalue weighted by molar-refractivity contribution is 0.0521. The molecule has 3 aromatic heterocycles. The zero-order valence-corrected chi connectivity index (χ0v) is 15.3. The number of aryl methyl sites for hydroxylation is 1. The number of imidazole rings is 1. The topological polar surface area (TPSA) is 125 Å². The highest BCUT2D eigenvalue weighted by Gasteiger charge is 2.27. The van der Waals surface area contributed by atoms with Crippen molar-refractivity contribution in [3.8, 4) is 0 Å². The summed E-state index contributed by atoms with van der Waals surface area (Å²) in [6, 6.07) is 0.165. The van der Waals surface area contributed by atoms with Crippen LogP contribution >= 0.6 is 0 Å². The predicted molar refractivity (Wildman–Crippen MR) is 97.4 cm³/mol. The minimum absolute atomic E-state index is 0.165. The van der Waals surface area contributed by atoms with Crippen LogP contribution in [0.2, 0.25) is 0 Å². The first-order chi connectivity index (χ1) is 13.1. The van der Waals surface area contributed by atoms with Gasteiger partial charge >= 0.3 is 5.97 Å². The van der Waals surface area contributed by atoms with Crippen molar-refractivity contribution in [3.05, 3.63) is 24.0 Å². The summed E-state index contributed by atoms with van der Waals surface area (Å²) < 4.78 is 12.1. The third-order valence-corrected chi connectivity index (χ3v) is 4.88. The number of aromatic nitrogens is 5. The minimum atomic E-state index is -0.488. The zero-order chi connectivity index (χ0) is 19.0. The van der Waals surface area contributed by atoms with Gasteiger partial charge in [-0.2, -0.15) is 4.98 Å². The second-order valence-electron chi connectivity index (χ2n) is 6.47. The molecule has 0 radical (unpaired) electrons. The molecule has 0 aliphatic carbocycles. The Morgan fingerprint density at radius 3 is 2.85 bits per heavy atom. The number of carbonyl (C=O) groups excluding carboxylic acids is 1. The molecule has 1 aliphatic heterocycles. The van der Waals surface area contributed by atoms with Crippen LogP contribution in [0.4, 0.5) is 11.6 Å². The number of piperidine rings is 1. The Kier molecular flexibility index (Phi) is 4.38. The maximum atomic E-state index is 11.9. The van der Waals surface area contributed by atoms with Crippen molar-refractivity contribution < 1.29 is 14.1 Å². The quantitative estimate of drug-likeness (QED) is 0.682. The Morgan fingerprint density at radius 2 is 2.11 bits per heavy atom. The number of anilines is 2. The highest BCUT2D eigenvalue weighted by molar-refractivity contribution is 5.92. The Bertz CT molecular complexity index is 972. The summed E-state index contributed by atoms with van der Waals surface area (Å²) in [4.78, 5) is 26.8. The van der Waals surface area contributed by atoms with Crippen molar-refractivity contribution in [1.82, 2.24) is 24.7 Å². The van der Waals surface area contributed by atoms with Crippen LogP contribution in [0.15, 0.2) is 17.2 Å². The normalized spacial score (nSPS) is 15.4. The SMILES string of the molecule is CCOC(=O)c1ncn(C2CCN(c3ncnc4onc(C)c34)CC2)c1N. The summed E-state index contributed by atoms with van der Waals surface area (Å²) in [7, 11) is 0. The number of nitrogens with two attached hydrogens (primary N) is 1. The Balaban J connectivity index is 1.51. The maximum Gasteiger partial charge on any atom is 0.360 e. The monoisotopic (exact) mass is 371 g/mol. The van der Waals surface area contributed by atoms with E-state index in [1.165, 1.54) is 6.33 Å². The second kappa shape index (κ2) is 6.86. The average Bonchev–Trinajstić information content (AvgIpc) is 3.25. The molecule has 142 valence electrons. The average molecular weight is 371 g/mol. The smallest absolute Gasteiger partial charge is 0.360 e. The number of rotatable bonds is 4. The first-order valence-corrected chi connectivity index (χ1v) is 8.91. The largest absolute Gasteiger partial charge is 0.461 e. The van der Waals surface area contributed by atoms with Crippen LogP contribution in [-0.2, 0) is 4.74 Å². The van der Waals surface area contributed by atoms with E-state index < -0.39 is 5.97 Å². The molecule has 2 N–H and O–H groups in total. The van der Waals surface area contributed by atoms with Gasteiger partial charge in [0.2, 0.25) is 0 Å². The van der Waals surface area contributed by atoms with Gasteiger partial charge in [-0.1, -0.05) is 5.16 Å². The van der Waals surface area contributed by atoms with Gasteiger partial charge in [-0.3, -0.25) is 0 Å². The molecular weight excluding hydrogens is 350 g/mol. The van der Waals surface area contributed by atoms with E-state index in [1.54, 1.807) is 13.3 Å². The van der Waals surface area contributed by atoms with Crippen LogP contribution in [0.25, 0.3) is 11.1 Å². The lowest BCUT2D eigenvalue weighted by Crippen LogP contribution is -2.35. The van der Waals surface area contributed by atoms with Crippen molar-refractivity contribution in [2.24, 2.45) is 0 Å². The molecular formula is C17H21N7O3. The molecule has 1 fully saturated rings. The molecule has 0 aromatic carbocycles. The molecule has 1 saturated heterocycles. The van der Waals surface area contributed by atoms with Crippen molar-refractivity contribution in [3.63, 3.8) is 0 Å². The summed E-state index contributed by atoms with van der Waals surface area (Å²) in [6.07, 6.45) is 4.81. The van der Waals surface area contributed by atoms with Gasteiger partial charge in [0.25, 0.3) is 5.71 Å². The summed E-state index contributed by atoms with van der Waals surface area (Å²) in [5.74, 6) is 0.701. The van der Waals surface area contributed by atoms with E-state index in [0.717, 1.165) is 42.8 Å². The number of ether oxygens (including phenoxy) is 1. The number of carbonyl (C=O) groups is 1. The molecule has 0 amide bonds. The molecule has 27 heavy (non-hydrogen) atoms. The van der Waals surface area contributed by atoms with Gasteiger partial charge in [0, 0.05) is 19.1 Å². The van der Waals surface area contributed by atoms with Gasteiger partial charge in [0.05, 0.1) is 18.6 Å². The van der Waals surface area contributed by atoms with Crippen molar-refractivity contribution in [2.75, 3.05) is 30.3 Å². The number of hydrogen-bond acceptors (Lipinski definition) is 9. The Morgan fingerprint density at radius 1 is 1.33 bits per heavy atom. The minimum Gasteiger partial charge on any atom is -0.461 e. The molecule has 1 aliphatic rings. The molecule has 4 rings (SSSR count). The molecule has 10 heteroatoms. The van der Waals surface area contributed by atoms with Crippen molar-refractivity contribution in [2.45, 2.75) is 32.7 Å². The third kappa shape index (κ3) is 2.96. The molecule has 10 nitrogen and oxygen atoms in total. The van der Waals surface area contributed by atoms with E-state index >= 15 is 0 Å². The summed E-state index contributed by atoms with van der Waals surface area (Å²) in [5, 5.41) is 4.83. The predicted octanol–water partition coefficient (Wildman–Crippen LogP) is 1.72. The number of nitrogen functional groups attached to an aromatic ring is 1. The van der Waals surface area contributed by atoms with Crippen LogP contribution in [0, 0.1) is 6.92 Å². The van der Waals surface area contributed by atoms with Crippen LogP contribution in [0.5, 0.6) is 0 Å². The molecule has 0 atom stereocenters. The van der Waals surface area contributed by atoms with Gasteiger partial charge in [0.15, 0.2) is 5.69 Å². The fourth-order valence-electron chi connectivity index (χ4n) is 3.52. The molecule has 3 aromatic rings. The van der Waals surface area contributed by atoms with Gasteiger partial charge < -0.3 is 24.5 Å². The van der Waals surface area contributed by atoms with Crippen molar-refractivity contribution >= 4 is 28.7 Å².